The summed E-state index contributed by atoms with van der Waals surface area (Å²) in [6, 6.07) is 0. The summed E-state index contributed by atoms with van der Waals surface area (Å²) in [6.45, 7) is 4.22. The van der Waals surface area contributed by atoms with Crippen molar-refractivity contribution >= 4 is 51.6 Å². The van der Waals surface area contributed by atoms with Gasteiger partial charge >= 0.3 is 30.0 Å². The number of allylic oxidation sites excluding steroid dienone is 10. The van der Waals surface area contributed by atoms with E-state index in [-0.39, 0.29) is 36.7 Å². The van der Waals surface area contributed by atoms with Crippen molar-refractivity contribution in [1.29, 1.82) is 0 Å². The molecule has 11 heteroatoms. The zero-order chi connectivity index (χ0) is 34.4. The summed E-state index contributed by atoms with van der Waals surface area (Å²) in [4.78, 5) is 58.8. The summed E-state index contributed by atoms with van der Waals surface area (Å²) in [6.07, 6.45) is 31.8. The molecule has 47 heavy (non-hydrogen) atoms. The lowest BCUT2D eigenvalue weighted by atomic mass is 9.99. The Morgan fingerprint density at radius 2 is 1.30 bits per heavy atom. The Morgan fingerprint density at radius 3 is 1.89 bits per heavy atom. The first kappa shape index (κ1) is 41.7. The number of esters is 4. The number of hydrogen-bond acceptors (Lipinski definition) is 10. The van der Waals surface area contributed by atoms with Crippen LogP contribution >= 0.6 is 21.6 Å². The first-order valence-corrected chi connectivity index (χ1v) is 18.7. The highest BCUT2D eigenvalue weighted by atomic mass is 33.1. The fourth-order valence-electron chi connectivity index (χ4n) is 4.04. The zero-order valence-electron chi connectivity index (χ0n) is 27.8. The van der Waals surface area contributed by atoms with Crippen molar-refractivity contribution in [2.24, 2.45) is 0 Å². The average Bonchev–Trinajstić information content (AvgIpc) is 3.48. The number of carbonyl (C=O) groups excluding carboxylic acids is 5. The predicted octanol–water partition coefficient (Wildman–Crippen LogP) is 8.43. The van der Waals surface area contributed by atoms with Crippen LogP contribution in [0.1, 0.15) is 97.3 Å². The van der Waals surface area contributed by atoms with E-state index in [1.165, 1.54) is 0 Å². The van der Waals surface area contributed by atoms with Gasteiger partial charge in [0.15, 0.2) is 0 Å². The highest BCUT2D eigenvalue weighted by molar-refractivity contribution is 8.77. The van der Waals surface area contributed by atoms with Crippen LogP contribution in [-0.4, -0.2) is 53.6 Å². The maximum absolute atomic E-state index is 11.8. The van der Waals surface area contributed by atoms with E-state index in [4.69, 9.17) is 4.74 Å². The molecule has 0 spiro atoms. The molecule has 0 radical (unpaired) electrons. The summed E-state index contributed by atoms with van der Waals surface area (Å²) in [5, 5.41) is 2.27. The SMILES string of the molecule is CC/C=C\C/C=C\C/C=C\C/C=C\C/C=C\CCCC(=O)OCCNC(=O)OC(=O)/C=C/C(=O)OC(=O)CCCCC1(C)CCSS1. The van der Waals surface area contributed by atoms with Crippen LogP contribution in [0.4, 0.5) is 4.79 Å². The lowest BCUT2D eigenvalue weighted by Crippen LogP contribution is -2.30. The van der Waals surface area contributed by atoms with Gasteiger partial charge in [-0.1, -0.05) is 95.7 Å². The Kier molecular flexibility index (Phi) is 24.6. The molecule has 0 bridgehead atoms. The normalized spacial score (nSPS) is 16.7. The van der Waals surface area contributed by atoms with Gasteiger partial charge in [-0.05, 0) is 71.1 Å². The summed E-state index contributed by atoms with van der Waals surface area (Å²) in [5.74, 6) is -2.05. The number of ether oxygens (including phenoxy) is 3. The molecule has 0 aromatic rings. The fourth-order valence-corrected chi connectivity index (χ4v) is 7.33. The Labute approximate surface area is 288 Å². The van der Waals surface area contributed by atoms with Crippen molar-refractivity contribution in [3.63, 3.8) is 0 Å². The van der Waals surface area contributed by atoms with Gasteiger partial charge in [-0.2, -0.15) is 0 Å². The van der Waals surface area contributed by atoms with Crippen molar-refractivity contribution in [3.05, 3.63) is 72.9 Å². The number of amides is 1. The van der Waals surface area contributed by atoms with Crippen LogP contribution < -0.4 is 5.32 Å². The molecule has 1 aliphatic heterocycles. The average molecular weight is 690 g/mol. The van der Waals surface area contributed by atoms with Gasteiger partial charge in [0.1, 0.15) is 6.61 Å². The van der Waals surface area contributed by atoms with Gasteiger partial charge in [-0.15, -0.1) is 0 Å². The highest BCUT2D eigenvalue weighted by Gasteiger charge is 2.29. The molecule has 0 saturated carbocycles. The van der Waals surface area contributed by atoms with Crippen LogP contribution in [0.3, 0.4) is 0 Å². The third-order valence-electron chi connectivity index (χ3n) is 6.62. The van der Waals surface area contributed by atoms with Crippen molar-refractivity contribution in [3.8, 4) is 0 Å². The molecule has 1 unspecified atom stereocenters. The minimum Gasteiger partial charge on any atom is -0.464 e. The van der Waals surface area contributed by atoms with Crippen LogP contribution in [0.5, 0.6) is 0 Å². The maximum Gasteiger partial charge on any atom is 0.415 e. The Hall–Kier alpha value is -3.31. The zero-order valence-corrected chi connectivity index (χ0v) is 29.5. The molecule has 0 aromatic carbocycles. The monoisotopic (exact) mass is 689 g/mol. The maximum atomic E-state index is 11.8. The molecule has 9 nitrogen and oxygen atoms in total. The van der Waals surface area contributed by atoms with Crippen LogP contribution in [0.25, 0.3) is 0 Å². The summed E-state index contributed by atoms with van der Waals surface area (Å²) < 4.78 is 14.4. The number of alkyl carbamates (subject to hydrolysis) is 1. The van der Waals surface area contributed by atoms with E-state index < -0.39 is 24.0 Å². The van der Waals surface area contributed by atoms with Crippen molar-refractivity contribution in [1.82, 2.24) is 5.32 Å². The standard InChI is InChI=1S/C36H51NO8S2/c1-3-4-5-6-7-8-9-10-11-12-13-14-15-16-17-18-19-22-31(38)43-29-28-37-35(42)45-34(41)25-24-33(40)44-32(39)23-20-21-26-36(2)27-30-46-47-36/h4-5,7-8,10-11,13-14,16-17,24-25H,3,6,9,12,15,18-23,26-30H2,1-2H3,(H,37,42)/b5-4-,8-7-,11-10-,14-13-,17-16-,25-24+. The molecule has 1 amide bonds. The first-order valence-electron chi connectivity index (χ1n) is 16.4. The minimum atomic E-state index is -1.11. The number of rotatable bonds is 23. The molecule has 1 fully saturated rings. The molecule has 1 N–H and O–H groups in total. The van der Waals surface area contributed by atoms with Gasteiger partial charge in [0, 0.05) is 35.5 Å². The van der Waals surface area contributed by atoms with Gasteiger partial charge in [-0.3, -0.25) is 9.59 Å². The Bertz CT molecular complexity index is 1130. The fraction of sp³-hybridized carbons (Fsp3) is 0.528. The largest absolute Gasteiger partial charge is 0.464 e. The molecule has 1 aliphatic rings. The molecule has 0 aliphatic carbocycles. The van der Waals surface area contributed by atoms with E-state index in [2.05, 4.69) is 83.3 Å². The lowest BCUT2D eigenvalue weighted by molar-refractivity contribution is -0.156. The predicted molar refractivity (Wildman–Crippen MR) is 191 cm³/mol. The van der Waals surface area contributed by atoms with E-state index in [0.717, 1.165) is 69.6 Å². The Balaban J connectivity index is 2.01. The van der Waals surface area contributed by atoms with E-state index in [1.54, 1.807) is 0 Å². The van der Waals surface area contributed by atoms with E-state index >= 15 is 0 Å². The summed E-state index contributed by atoms with van der Waals surface area (Å²) >= 11 is 0. The molecular weight excluding hydrogens is 639 g/mol. The van der Waals surface area contributed by atoms with Crippen molar-refractivity contribution in [2.45, 2.75) is 102 Å². The summed E-state index contributed by atoms with van der Waals surface area (Å²) in [7, 11) is 3.75. The lowest BCUT2D eigenvalue weighted by Gasteiger charge is -2.20. The number of carbonyl (C=O) groups is 5. The number of nitrogens with one attached hydrogen (secondary N) is 1. The van der Waals surface area contributed by atoms with Gasteiger partial charge in [0.25, 0.3) is 0 Å². The van der Waals surface area contributed by atoms with E-state index in [0.29, 0.717) is 18.9 Å². The van der Waals surface area contributed by atoms with Crippen LogP contribution in [-0.2, 0) is 33.4 Å². The quantitative estimate of drug-likeness (QED) is 0.0213. The third kappa shape index (κ3) is 25.5. The van der Waals surface area contributed by atoms with Crippen LogP contribution in [0, 0.1) is 0 Å². The Morgan fingerprint density at radius 1 is 0.723 bits per heavy atom. The molecule has 1 saturated heterocycles. The molecule has 1 heterocycles. The van der Waals surface area contributed by atoms with E-state index in [9.17, 15) is 24.0 Å². The van der Waals surface area contributed by atoms with Crippen molar-refractivity contribution < 1.29 is 38.2 Å². The molecule has 1 rings (SSSR count). The molecule has 0 aromatic heterocycles. The topological polar surface area (TPSA) is 125 Å². The summed E-state index contributed by atoms with van der Waals surface area (Å²) in [5.41, 5.74) is 0. The molecule has 1 atom stereocenters. The van der Waals surface area contributed by atoms with Gasteiger partial charge in [-0.25, -0.2) is 14.4 Å². The second-order valence-electron chi connectivity index (χ2n) is 10.9. The smallest absolute Gasteiger partial charge is 0.415 e. The highest BCUT2D eigenvalue weighted by Crippen LogP contribution is 2.49. The second-order valence-corrected chi connectivity index (χ2v) is 13.9. The third-order valence-corrected chi connectivity index (χ3v) is 9.98. The number of hydrogen-bond donors (Lipinski definition) is 1. The van der Waals surface area contributed by atoms with Gasteiger partial charge < -0.3 is 19.5 Å². The first-order chi connectivity index (χ1) is 22.7. The second kappa shape index (κ2) is 27.8. The molecule has 260 valence electrons. The van der Waals surface area contributed by atoms with Gasteiger partial charge in [0.05, 0.1) is 6.54 Å². The van der Waals surface area contributed by atoms with Gasteiger partial charge in [0.2, 0.25) is 0 Å². The molecular formula is C36H51NO8S2. The van der Waals surface area contributed by atoms with Crippen molar-refractivity contribution in [2.75, 3.05) is 18.9 Å². The van der Waals surface area contributed by atoms with Crippen LogP contribution in [0.15, 0.2) is 72.9 Å². The van der Waals surface area contributed by atoms with Crippen LogP contribution in [0.2, 0.25) is 0 Å². The minimum absolute atomic E-state index is 0.0520. The van der Waals surface area contributed by atoms with E-state index in [1.807, 2.05) is 27.7 Å². The number of unbranched alkanes of at least 4 members (excludes halogenated alkanes) is 2.